The van der Waals surface area contributed by atoms with Gasteiger partial charge in [-0.3, -0.25) is 0 Å². The van der Waals surface area contributed by atoms with Crippen LogP contribution >= 0.6 is 0 Å². The van der Waals surface area contributed by atoms with Crippen LogP contribution in [0.15, 0.2) is 48.5 Å². The molecule has 34 heavy (non-hydrogen) atoms. The first-order chi connectivity index (χ1) is 16.0. The van der Waals surface area contributed by atoms with E-state index < -0.39 is 6.16 Å². The molecule has 0 unspecified atom stereocenters. The zero-order valence-corrected chi connectivity index (χ0v) is 22.1. The molecule has 1 N–H and O–H groups in total. The van der Waals surface area contributed by atoms with Gasteiger partial charge in [0.2, 0.25) is 0 Å². The lowest BCUT2D eigenvalue weighted by Gasteiger charge is -2.27. The SMILES string of the molecule is CCCCOC(=O)O[C@H]1CN[C@@H](C(c2ccc(C(C)(C)C)cc2)c2ccc(C(C)(C)C)cc2)C1. The van der Waals surface area contributed by atoms with Crippen molar-refractivity contribution < 1.29 is 14.3 Å². The molecule has 1 aliphatic heterocycles. The minimum atomic E-state index is -0.554. The van der Waals surface area contributed by atoms with Crippen LogP contribution < -0.4 is 5.32 Å². The highest BCUT2D eigenvalue weighted by atomic mass is 16.7. The van der Waals surface area contributed by atoms with E-state index in [0.717, 1.165) is 19.3 Å². The van der Waals surface area contributed by atoms with Gasteiger partial charge in [-0.05, 0) is 39.5 Å². The van der Waals surface area contributed by atoms with Gasteiger partial charge in [0.15, 0.2) is 0 Å². The maximum absolute atomic E-state index is 12.1. The highest BCUT2D eigenvalue weighted by Gasteiger charge is 2.35. The molecule has 4 heteroatoms. The van der Waals surface area contributed by atoms with Gasteiger partial charge in [0.1, 0.15) is 6.10 Å². The van der Waals surface area contributed by atoms with Gasteiger partial charge in [-0.25, -0.2) is 4.79 Å². The largest absolute Gasteiger partial charge is 0.508 e. The van der Waals surface area contributed by atoms with Gasteiger partial charge >= 0.3 is 6.16 Å². The number of hydrogen-bond acceptors (Lipinski definition) is 4. The van der Waals surface area contributed by atoms with E-state index in [1.807, 2.05) is 0 Å². The van der Waals surface area contributed by atoms with Crippen molar-refractivity contribution in [3.8, 4) is 0 Å². The first kappa shape index (κ1) is 26.3. The Bertz CT molecular complexity index is 862. The average Bonchev–Trinajstić information content (AvgIpc) is 3.21. The number of rotatable bonds is 7. The lowest BCUT2D eigenvalue weighted by atomic mass is 9.80. The van der Waals surface area contributed by atoms with E-state index in [1.54, 1.807) is 0 Å². The van der Waals surface area contributed by atoms with Crippen molar-refractivity contribution in [3.05, 3.63) is 70.8 Å². The molecule has 1 fully saturated rings. The molecule has 0 saturated carbocycles. The van der Waals surface area contributed by atoms with Gasteiger partial charge in [-0.1, -0.05) is 103 Å². The summed E-state index contributed by atoms with van der Waals surface area (Å²) in [5.74, 6) is 0.174. The summed E-state index contributed by atoms with van der Waals surface area (Å²) < 4.78 is 10.8. The fraction of sp³-hybridized carbons (Fsp3) is 0.567. The van der Waals surface area contributed by atoms with Gasteiger partial charge in [0.05, 0.1) is 6.61 Å². The molecule has 0 radical (unpaired) electrons. The summed E-state index contributed by atoms with van der Waals surface area (Å²) in [6.45, 7) is 16.6. The molecule has 0 amide bonds. The van der Waals surface area contributed by atoms with Crippen molar-refractivity contribution >= 4 is 6.16 Å². The van der Waals surface area contributed by atoms with Crippen molar-refractivity contribution in [1.29, 1.82) is 0 Å². The van der Waals surface area contributed by atoms with Crippen LogP contribution in [0.5, 0.6) is 0 Å². The summed E-state index contributed by atoms with van der Waals surface area (Å²) in [5, 5.41) is 3.63. The van der Waals surface area contributed by atoms with Crippen LogP contribution in [0.4, 0.5) is 4.79 Å². The van der Waals surface area contributed by atoms with E-state index in [9.17, 15) is 4.79 Å². The monoisotopic (exact) mass is 465 g/mol. The number of hydrogen-bond donors (Lipinski definition) is 1. The summed E-state index contributed by atoms with van der Waals surface area (Å²) >= 11 is 0. The second-order valence-corrected chi connectivity index (χ2v) is 11.7. The van der Waals surface area contributed by atoms with Crippen LogP contribution in [0.1, 0.15) is 95.9 Å². The summed E-state index contributed by atoms with van der Waals surface area (Å²) in [7, 11) is 0. The molecule has 0 bridgehead atoms. The van der Waals surface area contributed by atoms with E-state index in [-0.39, 0.29) is 28.9 Å². The molecule has 0 aromatic heterocycles. The van der Waals surface area contributed by atoms with Gasteiger partial charge in [0, 0.05) is 24.9 Å². The number of nitrogens with one attached hydrogen (secondary N) is 1. The smallest absolute Gasteiger partial charge is 0.434 e. The second-order valence-electron chi connectivity index (χ2n) is 11.7. The Morgan fingerprint density at radius 2 is 1.41 bits per heavy atom. The quantitative estimate of drug-likeness (QED) is 0.350. The molecule has 1 saturated heterocycles. The Hall–Kier alpha value is -2.33. The Morgan fingerprint density at radius 1 is 0.912 bits per heavy atom. The van der Waals surface area contributed by atoms with Gasteiger partial charge in [-0.15, -0.1) is 0 Å². The molecule has 0 spiro atoms. The molecule has 3 rings (SSSR count). The van der Waals surface area contributed by atoms with E-state index in [2.05, 4.69) is 102 Å². The maximum Gasteiger partial charge on any atom is 0.508 e. The normalized spacial score (nSPS) is 18.8. The summed E-state index contributed by atoms with van der Waals surface area (Å²) in [4.78, 5) is 12.1. The Kier molecular flexibility index (Phi) is 8.46. The third-order valence-electron chi connectivity index (χ3n) is 6.78. The molecule has 186 valence electrons. The summed E-state index contributed by atoms with van der Waals surface area (Å²) in [6.07, 6.45) is 1.88. The highest BCUT2D eigenvalue weighted by molar-refractivity contribution is 5.60. The third kappa shape index (κ3) is 6.85. The molecule has 2 aromatic rings. The summed E-state index contributed by atoms with van der Waals surface area (Å²) in [5.41, 5.74) is 5.44. The van der Waals surface area contributed by atoms with E-state index in [1.165, 1.54) is 22.3 Å². The van der Waals surface area contributed by atoms with E-state index >= 15 is 0 Å². The molecule has 4 nitrogen and oxygen atoms in total. The summed E-state index contributed by atoms with van der Waals surface area (Å²) in [6, 6.07) is 18.2. The van der Waals surface area contributed by atoms with E-state index in [4.69, 9.17) is 9.47 Å². The molecular weight excluding hydrogens is 422 g/mol. The number of benzene rings is 2. The lowest BCUT2D eigenvalue weighted by molar-refractivity contribution is 0.0281. The van der Waals surface area contributed by atoms with Gasteiger partial charge < -0.3 is 14.8 Å². The van der Waals surface area contributed by atoms with Gasteiger partial charge in [-0.2, -0.15) is 0 Å². The van der Waals surface area contributed by atoms with Crippen LogP contribution in [-0.2, 0) is 20.3 Å². The third-order valence-corrected chi connectivity index (χ3v) is 6.78. The fourth-order valence-corrected chi connectivity index (χ4v) is 4.58. The predicted molar refractivity (Wildman–Crippen MR) is 140 cm³/mol. The molecule has 2 atom stereocenters. The topological polar surface area (TPSA) is 47.6 Å². The standard InChI is InChI=1S/C30H43NO3/c1-8-9-18-33-28(32)34-25-19-26(31-20-25)27(21-10-14-23(15-11-21)29(2,3)4)22-12-16-24(17-13-22)30(5,6)7/h10-17,25-27,31H,8-9,18-20H2,1-7H3/t25-,26-/m1/s1. The van der Waals surface area contributed by atoms with Crippen molar-refractivity contribution in [3.63, 3.8) is 0 Å². The predicted octanol–water partition coefficient (Wildman–Crippen LogP) is 7.10. The van der Waals surface area contributed by atoms with Crippen LogP contribution in [0.25, 0.3) is 0 Å². The zero-order valence-electron chi connectivity index (χ0n) is 22.1. The average molecular weight is 466 g/mol. The molecule has 1 aliphatic rings. The second kappa shape index (κ2) is 10.9. The minimum Gasteiger partial charge on any atom is -0.434 e. The van der Waals surface area contributed by atoms with Crippen LogP contribution in [-0.4, -0.2) is 31.5 Å². The van der Waals surface area contributed by atoms with Crippen LogP contribution in [0.3, 0.4) is 0 Å². The van der Waals surface area contributed by atoms with Crippen LogP contribution in [0.2, 0.25) is 0 Å². The molecule has 0 aliphatic carbocycles. The van der Waals surface area contributed by atoms with Crippen molar-refractivity contribution in [1.82, 2.24) is 5.32 Å². The highest BCUT2D eigenvalue weighted by Crippen LogP contribution is 2.35. The zero-order chi connectivity index (χ0) is 24.9. The Labute approximate surface area is 206 Å². The maximum atomic E-state index is 12.1. The lowest BCUT2D eigenvalue weighted by Crippen LogP contribution is -2.30. The first-order valence-corrected chi connectivity index (χ1v) is 12.8. The van der Waals surface area contributed by atoms with Gasteiger partial charge in [0.25, 0.3) is 0 Å². The van der Waals surface area contributed by atoms with Crippen molar-refractivity contribution in [2.45, 2.75) is 96.6 Å². The van der Waals surface area contributed by atoms with E-state index in [0.29, 0.717) is 13.2 Å². The number of unbranched alkanes of at least 4 members (excludes halogenated alkanes) is 1. The molecule has 1 heterocycles. The Morgan fingerprint density at radius 3 is 1.85 bits per heavy atom. The molecular formula is C30H43NO3. The molecule has 2 aromatic carbocycles. The fourth-order valence-electron chi connectivity index (χ4n) is 4.58. The first-order valence-electron chi connectivity index (χ1n) is 12.8. The van der Waals surface area contributed by atoms with Crippen LogP contribution in [0, 0.1) is 0 Å². The van der Waals surface area contributed by atoms with Crippen molar-refractivity contribution in [2.75, 3.05) is 13.2 Å². The number of ether oxygens (including phenoxy) is 2. The minimum absolute atomic E-state index is 0.116. The number of carbonyl (C=O) groups excluding carboxylic acids is 1. The Balaban J connectivity index is 1.82. The number of carbonyl (C=O) groups is 1. The van der Waals surface area contributed by atoms with Crippen molar-refractivity contribution in [2.24, 2.45) is 0 Å².